The second kappa shape index (κ2) is 7.12. The number of aromatic nitrogens is 1. The van der Waals surface area contributed by atoms with Crippen molar-refractivity contribution in [1.29, 1.82) is 0 Å². The Balaban J connectivity index is 1.81. The van der Waals surface area contributed by atoms with Crippen LogP contribution in [0, 0.1) is 5.92 Å². The number of likely N-dealkylation sites (tertiary alicyclic amines) is 1. The molecule has 1 fully saturated rings. The van der Waals surface area contributed by atoms with E-state index in [4.69, 9.17) is 4.74 Å². The summed E-state index contributed by atoms with van der Waals surface area (Å²) >= 11 is 0. The van der Waals surface area contributed by atoms with Gasteiger partial charge in [0.25, 0.3) is 0 Å². The molecule has 0 aromatic carbocycles. The van der Waals surface area contributed by atoms with E-state index in [9.17, 15) is 9.59 Å². The Bertz CT molecular complexity index is 442. The molecule has 1 atom stereocenters. The van der Waals surface area contributed by atoms with Gasteiger partial charge in [-0.05, 0) is 31.9 Å². The molecule has 1 aromatic rings. The molecule has 0 saturated carbocycles. The minimum absolute atomic E-state index is 0.118. The van der Waals surface area contributed by atoms with Crippen LogP contribution in [0.25, 0.3) is 0 Å². The van der Waals surface area contributed by atoms with E-state index in [-0.39, 0.29) is 17.8 Å². The molecule has 5 heteroatoms. The molecule has 0 N–H and O–H groups in total. The van der Waals surface area contributed by atoms with Crippen molar-refractivity contribution in [2.75, 3.05) is 19.7 Å². The second-order valence-electron chi connectivity index (χ2n) is 5.10. The van der Waals surface area contributed by atoms with Gasteiger partial charge < -0.3 is 14.2 Å². The number of esters is 1. The van der Waals surface area contributed by atoms with E-state index in [1.807, 2.05) is 29.1 Å². The summed E-state index contributed by atoms with van der Waals surface area (Å²) in [6.07, 6.45) is 6.07. The summed E-state index contributed by atoms with van der Waals surface area (Å²) < 4.78 is 7.04. The molecular formula is C15H22N2O3. The fourth-order valence-corrected chi connectivity index (χ4v) is 2.56. The van der Waals surface area contributed by atoms with Gasteiger partial charge in [0.15, 0.2) is 0 Å². The van der Waals surface area contributed by atoms with Gasteiger partial charge in [-0.2, -0.15) is 0 Å². The number of aryl methyl sites for hydroxylation is 1. The molecule has 0 aliphatic carbocycles. The highest BCUT2D eigenvalue weighted by molar-refractivity contribution is 5.78. The Morgan fingerprint density at radius 1 is 1.30 bits per heavy atom. The molecule has 1 aliphatic rings. The number of carbonyl (C=O) groups is 2. The predicted octanol–water partition coefficient (Wildman–Crippen LogP) is 1.68. The average molecular weight is 278 g/mol. The number of nitrogens with zero attached hydrogens (tertiary/aromatic N) is 2. The van der Waals surface area contributed by atoms with Gasteiger partial charge in [-0.25, -0.2) is 0 Å². The van der Waals surface area contributed by atoms with E-state index in [0.29, 0.717) is 26.1 Å². The summed E-state index contributed by atoms with van der Waals surface area (Å²) in [4.78, 5) is 25.7. The molecule has 2 heterocycles. The molecule has 5 nitrogen and oxygen atoms in total. The average Bonchev–Trinajstić information content (AvgIpc) is 2.98. The lowest BCUT2D eigenvalue weighted by molar-refractivity contribution is -0.151. The largest absolute Gasteiger partial charge is 0.466 e. The number of rotatable bonds is 5. The summed E-state index contributed by atoms with van der Waals surface area (Å²) in [6.45, 7) is 4.15. The van der Waals surface area contributed by atoms with E-state index >= 15 is 0 Å². The number of piperidine rings is 1. The Morgan fingerprint density at radius 2 is 2.05 bits per heavy atom. The van der Waals surface area contributed by atoms with E-state index in [0.717, 1.165) is 19.4 Å². The lowest BCUT2D eigenvalue weighted by Crippen LogP contribution is -2.43. The predicted molar refractivity (Wildman–Crippen MR) is 75.0 cm³/mol. The summed E-state index contributed by atoms with van der Waals surface area (Å²) in [5.41, 5.74) is 0. The van der Waals surface area contributed by atoms with Gasteiger partial charge in [0.1, 0.15) is 0 Å². The summed E-state index contributed by atoms with van der Waals surface area (Å²) in [7, 11) is 0. The van der Waals surface area contributed by atoms with Gasteiger partial charge in [-0.15, -0.1) is 0 Å². The number of carbonyl (C=O) groups excluding carboxylic acids is 2. The molecule has 110 valence electrons. The molecule has 1 saturated heterocycles. The van der Waals surface area contributed by atoms with Crippen molar-refractivity contribution in [3.63, 3.8) is 0 Å². The highest BCUT2D eigenvalue weighted by atomic mass is 16.5. The molecule has 1 aliphatic heterocycles. The summed E-state index contributed by atoms with van der Waals surface area (Å²) in [6, 6.07) is 3.89. The number of hydrogen-bond acceptors (Lipinski definition) is 3. The maximum absolute atomic E-state index is 12.2. The number of hydrogen-bond donors (Lipinski definition) is 0. The van der Waals surface area contributed by atoms with Crippen LogP contribution >= 0.6 is 0 Å². The van der Waals surface area contributed by atoms with Crippen LogP contribution in [0.15, 0.2) is 24.5 Å². The summed E-state index contributed by atoms with van der Waals surface area (Å²) in [5, 5.41) is 0. The van der Waals surface area contributed by atoms with Gasteiger partial charge in [-0.1, -0.05) is 0 Å². The molecule has 0 radical (unpaired) electrons. The third-order valence-electron chi connectivity index (χ3n) is 3.64. The van der Waals surface area contributed by atoms with Crippen molar-refractivity contribution < 1.29 is 14.3 Å². The first-order valence-corrected chi connectivity index (χ1v) is 7.26. The van der Waals surface area contributed by atoms with Crippen molar-refractivity contribution in [2.45, 2.75) is 32.7 Å². The van der Waals surface area contributed by atoms with Crippen LogP contribution < -0.4 is 0 Å². The standard InChI is InChI=1S/C15H22N2O3/c1-2-20-15(19)13-6-5-10-17(12-13)14(18)7-11-16-8-3-4-9-16/h3-4,8-9,13H,2,5-7,10-12H2,1H3. The molecule has 1 unspecified atom stereocenters. The Hall–Kier alpha value is -1.78. The Morgan fingerprint density at radius 3 is 2.75 bits per heavy atom. The first kappa shape index (κ1) is 14.6. The van der Waals surface area contributed by atoms with Crippen LogP contribution in [0.2, 0.25) is 0 Å². The maximum Gasteiger partial charge on any atom is 0.310 e. The molecule has 0 bridgehead atoms. The van der Waals surface area contributed by atoms with Crippen molar-refractivity contribution >= 4 is 11.9 Å². The fraction of sp³-hybridized carbons (Fsp3) is 0.600. The topological polar surface area (TPSA) is 51.5 Å². The quantitative estimate of drug-likeness (QED) is 0.770. The summed E-state index contributed by atoms with van der Waals surface area (Å²) in [5.74, 6) is -0.206. The third-order valence-corrected chi connectivity index (χ3v) is 3.64. The van der Waals surface area contributed by atoms with Gasteiger partial charge in [0.2, 0.25) is 5.91 Å². The molecule has 20 heavy (non-hydrogen) atoms. The van der Waals surface area contributed by atoms with E-state index < -0.39 is 0 Å². The molecule has 0 spiro atoms. The van der Waals surface area contributed by atoms with Crippen molar-refractivity contribution in [1.82, 2.24) is 9.47 Å². The van der Waals surface area contributed by atoms with Gasteiger partial charge >= 0.3 is 5.97 Å². The first-order valence-electron chi connectivity index (χ1n) is 7.26. The minimum atomic E-state index is -0.171. The van der Waals surface area contributed by atoms with Crippen LogP contribution in [0.3, 0.4) is 0 Å². The van der Waals surface area contributed by atoms with E-state index in [1.54, 1.807) is 11.8 Å². The lowest BCUT2D eigenvalue weighted by atomic mass is 9.98. The highest BCUT2D eigenvalue weighted by Crippen LogP contribution is 2.18. The SMILES string of the molecule is CCOC(=O)C1CCCN(C(=O)CCn2cccc2)C1. The second-order valence-corrected chi connectivity index (χ2v) is 5.10. The van der Waals surface area contributed by atoms with Crippen LogP contribution in [0.5, 0.6) is 0 Å². The number of amides is 1. The maximum atomic E-state index is 12.2. The van der Waals surface area contributed by atoms with Gasteiger partial charge in [-0.3, -0.25) is 9.59 Å². The molecule has 1 aromatic heterocycles. The smallest absolute Gasteiger partial charge is 0.310 e. The Labute approximate surface area is 119 Å². The minimum Gasteiger partial charge on any atom is -0.466 e. The monoisotopic (exact) mass is 278 g/mol. The number of ether oxygens (including phenoxy) is 1. The van der Waals surface area contributed by atoms with Gasteiger partial charge in [0, 0.05) is 38.4 Å². The van der Waals surface area contributed by atoms with E-state index in [2.05, 4.69) is 0 Å². The molecule has 1 amide bonds. The highest BCUT2D eigenvalue weighted by Gasteiger charge is 2.28. The van der Waals surface area contributed by atoms with E-state index in [1.165, 1.54) is 0 Å². The molecular weight excluding hydrogens is 256 g/mol. The van der Waals surface area contributed by atoms with Crippen LogP contribution in [-0.4, -0.2) is 41.0 Å². The van der Waals surface area contributed by atoms with Crippen LogP contribution in [0.1, 0.15) is 26.2 Å². The lowest BCUT2D eigenvalue weighted by Gasteiger charge is -2.31. The van der Waals surface area contributed by atoms with Gasteiger partial charge in [0.05, 0.1) is 12.5 Å². The third kappa shape index (κ3) is 3.85. The van der Waals surface area contributed by atoms with Crippen LogP contribution in [-0.2, 0) is 20.9 Å². The molecule has 2 rings (SSSR count). The van der Waals surface area contributed by atoms with Crippen LogP contribution in [0.4, 0.5) is 0 Å². The normalized spacial score (nSPS) is 18.9. The fourth-order valence-electron chi connectivity index (χ4n) is 2.56. The zero-order chi connectivity index (χ0) is 14.4. The Kier molecular flexibility index (Phi) is 5.21. The zero-order valence-electron chi connectivity index (χ0n) is 12.0. The van der Waals surface area contributed by atoms with Crippen molar-refractivity contribution in [3.05, 3.63) is 24.5 Å². The van der Waals surface area contributed by atoms with Crippen molar-refractivity contribution in [3.8, 4) is 0 Å². The van der Waals surface area contributed by atoms with Crippen molar-refractivity contribution in [2.24, 2.45) is 5.92 Å². The zero-order valence-corrected chi connectivity index (χ0v) is 12.0. The first-order chi connectivity index (χ1) is 9.70.